The van der Waals surface area contributed by atoms with Gasteiger partial charge in [0.1, 0.15) is 0 Å². The third-order valence-corrected chi connectivity index (χ3v) is 3.29. The van der Waals surface area contributed by atoms with Crippen molar-refractivity contribution >= 4 is 5.96 Å². The van der Waals surface area contributed by atoms with Crippen LogP contribution in [0.4, 0.5) is 0 Å². The monoisotopic (exact) mass is 275 g/mol. The van der Waals surface area contributed by atoms with Crippen LogP contribution in [-0.4, -0.2) is 25.1 Å². The van der Waals surface area contributed by atoms with Crippen LogP contribution in [0, 0.1) is 6.92 Å². The molecule has 0 aliphatic carbocycles. The summed E-state index contributed by atoms with van der Waals surface area (Å²) in [4.78, 5) is 4.29. The van der Waals surface area contributed by atoms with Crippen molar-refractivity contribution in [1.82, 2.24) is 10.6 Å². The first kappa shape index (κ1) is 16.5. The second-order valence-electron chi connectivity index (χ2n) is 7.00. The first-order valence-electron chi connectivity index (χ1n) is 7.21. The zero-order valence-electron chi connectivity index (χ0n) is 14.0. The molecule has 112 valence electrons. The van der Waals surface area contributed by atoms with Gasteiger partial charge >= 0.3 is 0 Å². The highest BCUT2D eigenvalue weighted by molar-refractivity contribution is 5.80. The Kier molecular flexibility index (Phi) is 5.21. The van der Waals surface area contributed by atoms with E-state index in [0.29, 0.717) is 0 Å². The first-order valence-corrected chi connectivity index (χ1v) is 7.21. The Morgan fingerprint density at radius 1 is 1.10 bits per heavy atom. The van der Waals surface area contributed by atoms with E-state index in [-0.39, 0.29) is 11.0 Å². The van der Waals surface area contributed by atoms with E-state index in [1.807, 2.05) is 7.05 Å². The van der Waals surface area contributed by atoms with Crippen molar-refractivity contribution in [2.24, 2.45) is 4.99 Å². The number of hydrogen-bond donors (Lipinski definition) is 2. The van der Waals surface area contributed by atoms with Crippen LogP contribution < -0.4 is 10.6 Å². The van der Waals surface area contributed by atoms with Gasteiger partial charge in [-0.05, 0) is 38.8 Å². The molecule has 1 aromatic carbocycles. The van der Waals surface area contributed by atoms with E-state index in [1.165, 1.54) is 11.1 Å². The van der Waals surface area contributed by atoms with E-state index in [1.54, 1.807) is 0 Å². The SMILES string of the molecule is CN=C(NCC(C)(C)c1ccccc1C)NC(C)(C)C. The Balaban J connectivity index is 2.75. The van der Waals surface area contributed by atoms with Crippen LogP contribution in [0.5, 0.6) is 0 Å². The molecule has 0 heterocycles. The van der Waals surface area contributed by atoms with Crippen LogP contribution in [0.2, 0.25) is 0 Å². The molecule has 3 heteroatoms. The fourth-order valence-corrected chi connectivity index (χ4v) is 2.27. The molecule has 0 aliphatic heterocycles. The molecule has 0 spiro atoms. The molecule has 2 N–H and O–H groups in total. The fourth-order valence-electron chi connectivity index (χ4n) is 2.27. The van der Waals surface area contributed by atoms with Crippen molar-refractivity contribution in [1.29, 1.82) is 0 Å². The first-order chi connectivity index (χ1) is 9.15. The van der Waals surface area contributed by atoms with Gasteiger partial charge in [-0.2, -0.15) is 0 Å². The lowest BCUT2D eigenvalue weighted by Crippen LogP contribution is -2.50. The van der Waals surface area contributed by atoms with Gasteiger partial charge in [0, 0.05) is 24.5 Å². The third-order valence-electron chi connectivity index (χ3n) is 3.29. The zero-order chi connectivity index (χ0) is 15.4. The molecule has 1 rings (SSSR count). The van der Waals surface area contributed by atoms with Gasteiger partial charge < -0.3 is 10.6 Å². The van der Waals surface area contributed by atoms with Crippen molar-refractivity contribution in [3.63, 3.8) is 0 Å². The lowest BCUT2D eigenvalue weighted by atomic mass is 9.82. The largest absolute Gasteiger partial charge is 0.356 e. The molecular weight excluding hydrogens is 246 g/mol. The van der Waals surface area contributed by atoms with Crippen LogP contribution in [0.15, 0.2) is 29.3 Å². The molecule has 1 aromatic rings. The predicted octanol–water partition coefficient (Wildman–Crippen LogP) is 3.24. The average molecular weight is 275 g/mol. The predicted molar refractivity (Wildman–Crippen MR) is 88.5 cm³/mol. The number of guanidine groups is 1. The second kappa shape index (κ2) is 6.29. The molecule has 0 saturated carbocycles. The van der Waals surface area contributed by atoms with Crippen molar-refractivity contribution in [3.8, 4) is 0 Å². The summed E-state index contributed by atoms with van der Waals surface area (Å²) < 4.78 is 0. The highest BCUT2D eigenvalue weighted by Gasteiger charge is 2.23. The topological polar surface area (TPSA) is 36.4 Å². The molecule has 0 atom stereocenters. The minimum absolute atomic E-state index is 0.00858. The minimum Gasteiger partial charge on any atom is -0.356 e. The quantitative estimate of drug-likeness (QED) is 0.656. The fraction of sp³-hybridized carbons (Fsp3) is 0.588. The summed E-state index contributed by atoms with van der Waals surface area (Å²) in [6.45, 7) is 13.9. The smallest absolute Gasteiger partial charge is 0.191 e. The van der Waals surface area contributed by atoms with Gasteiger partial charge in [-0.25, -0.2) is 0 Å². The van der Waals surface area contributed by atoms with E-state index < -0.39 is 0 Å². The number of rotatable bonds is 3. The summed E-state index contributed by atoms with van der Waals surface area (Å²) in [5.41, 5.74) is 2.77. The maximum atomic E-state index is 4.29. The van der Waals surface area contributed by atoms with Crippen molar-refractivity contribution in [2.75, 3.05) is 13.6 Å². The number of nitrogens with zero attached hydrogens (tertiary/aromatic N) is 1. The van der Waals surface area contributed by atoms with E-state index >= 15 is 0 Å². The Morgan fingerprint density at radius 2 is 1.70 bits per heavy atom. The van der Waals surface area contributed by atoms with Crippen molar-refractivity contribution in [3.05, 3.63) is 35.4 Å². The Labute approximate surface area is 123 Å². The minimum atomic E-state index is 0.00858. The van der Waals surface area contributed by atoms with Gasteiger partial charge in [-0.1, -0.05) is 38.1 Å². The molecule has 0 fully saturated rings. The van der Waals surface area contributed by atoms with Crippen LogP contribution in [0.3, 0.4) is 0 Å². The number of aliphatic imine (C=N–C) groups is 1. The molecule has 0 radical (unpaired) electrons. The molecule has 0 amide bonds. The van der Waals surface area contributed by atoms with E-state index in [0.717, 1.165) is 12.5 Å². The number of nitrogens with one attached hydrogen (secondary N) is 2. The zero-order valence-corrected chi connectivity index (χ0v) is 14.0. The van der Waals surface area contributed by atoms with Crippen LogP contribution in [0.1, 0.15) is 45.7 Å². The van der Waals surface area contributed by atoms with E-state index in [4.69, 9.17) is 0 Å². The molecule has 0 bridgehead atoms. The molecule has 20 heavy (non-hydrogen) atoms. The highest BCUT2D eigenvalue weighted by atomic mass is 15.2. The second-order valence-corrected chi connectivity index (χ2v) is 7.00. The standard InChI is InChI=1S/C17H29N3/c1-13-10-8-9-11-14(13)17(5,6)12-19-15(18-7)20-16(2,3)4/h8-11H,12H2,1-7H3,(H2,18,19,20). The highest BCUT2D eigenvalue weighted by Crippen LogP contribution is 2.25. The van der Waals surface area contributed by atoms with E-state index in [9.17, 15) is 0 Å². The summed E-state index contributed by atoms with van der Waals surface area (Å²) in [5, 5.41) is 6.81. The van der Waals surface area contributed by atoms with Gasteiger partial charge in [0.15, 0.2) is 5.96 Å². The lowest BCUT2D eigenvalue weighted by molar-refractivity contribution is 0.475. The number of benzene rings is 1. The number of aryl methyl sites for hydroxylation is 1. The lowest BCUT2D eigenvalue weighted by Gasteiger charge is -2.30. The molecule has 0 saturated heterocycles. The Morgan fingerprint density at radius 3 is 2.20 bits per heavy atom. The molecule has 0 aromatic heterocycles. The maximum Gasteiger partial charge on any atom is 0.191 e. The average Bonchev–Trinajstić information content (AvgIpc) is 2.33. The molecular formula is C17H29N3. The maximum absolute atomic E-state index is 4.29. The number of hydrogen-bond acceptors (Lipinski definition) is 1. The van der Waals surface area contributed by atoms with Crippen LogP contribution >= 0.6 is 0 Å². The van der Waals surface area contributed by atoms with Gasteiger partial charge in [0.2, 0.25) is 0 Å². The van der Waals surface area contributed by atoms with Crippen molar-refractivity contribution < 1.29 is 0 Å². The third kappa shape index (κ3) is 4.87. The van der Waals surface area contributed by atoms with Gasteiger partial charge in [-0.3, -0.25) is 4.99 Å². The summed E-state index contributed by atoms with van der Waals surface area (Å²) in [7, 11) is 1.81. The summed E-state index contributed by atoms with van der Waals surface area (Å²) in [6.07, 6.45) is 0. The molecule has 0 unspecified atom stereocenters. The van der Waals surface area contributed by atoms with Crippen LogP contribution in [-0.2, 0) is 5.41 Å². The van der Waals surface area contributed by atoms with E-state index in [2.05, 4.69) is 81.4 Å². The van der Waals surface area contributed by atoms with Gasteiger partial charge in [-0.15, -0.1) is 0 Å². The summed E-state index contributed by atoms with van der Waals surface area (Å²) >= 11 is 0. The van der Waals surface area contributed by atoms with Crippen LogP contribution in [0.25, 0.3) is 0 Å². The summed E-state index contributed by atoms with van der Waals surface area (Å²) in [6, 6.07) is 8.56. The van der Waals surface area contributed by atoms with Gasteiger partial charge in [0.05, 0.1) is 0 Å². The Bertz CT molecular complexity index is 467. The molecule has 0 aliphatic rings. The normalized spacial score (nSPS) is 13.2. The van der Waals surface area contributed by atoms with Crippen molar-refractivity contribution in [2.45, 2.75) is 52.5 Å². The molecule has 3 nitrogen and oxygen atoms in total. The Hall–Kier alpha value is -1.51. The van der Waals surface area contributed by atoms with Gasteiger partial charge in [0.25, 0.3) is 0 Å². The summed E-state index contributed by atoms with van der Waals surface area (Å²) in [5.74, 6) is 0.846.